The maximum absolute atomic E-state index is 11.2. The van der Waals surface area contributed by atoms with E-state index in [1.165, 1.54) is 0 Å². The van der Waals surface area contributed by atoms with E-state index in [-0.39, 0.29) is 5.75 Å². The molecule has 0 saturated carbocycles. The Hall–Kier alpha value is -2.33. The van der Waals surface area contributed by atoms with E-state index >= 15 is 0 Å². The summed E-state index contributed by atoms with van der Waals surface area (Å²) in [6.07, 6.45) is 0.678. The summed E-state index contributed by atoms with van der Waals surface area (Å²) in [7, 11) is 1.98. The van der Waals surface area contributed by atoms with Gasteiger partial charge in [0.2, 0.25) is 0 Å². The molecule has 2 N–H and O–H groups in total. The third kappa shape index (κ3) is 4.33. The number of nitrogens with zero attached hydrogens (tertiary/aromatic N) is 1. The van der Waals surface area contributed by atoms with E-state index in [1.54, 1.807) is 24.3 Å². The summed E-state index contributed by atoms with van der Waals surface area (Å²) in [4.78, 5) is 13.3. The number of phenolic OH excluding ortho intramolecular Hbond substituents is 1. The highest BCUT2D eigenvalue weighted by Crippen LogP contribution is 2.14. The van der Waals surface area contributed by atoms with Crippen molar-refractivity contribution in [2.45, 2.75) is 13.0 Å². The summed E-state index contributed by atoms with van der Waals surface area (Å²) in [6, 6.07) is 14.2. The Bertz CT molecular complexity index is 625. The molecule has 2 rings (SSSR count). The van der Waals surface area contributed by atoms with E-state index in [0.29, 0.717) is 18.5 Å². The van der Waals surface area contributed by atoms with Gasteiger partial charge in [0.05, 0.1) is 5.56 Å². The minimum absolute atomic E-state index is 0.261. The highest BCUT2D eigenvalue weighted by atomic mass is 16.4. The molecule has 0 radical (unpaired) electrons. The van der Waals surface area contributed by atoms with Gasteiger partial charge in [-0.2, -0.15) is 0 Å². The highest BCUT2D eigenvalue weighted by molar-refractivity contribution is 5.89. The summed E-state index contributed by atoms with van der Waals surface area (Å²) < 4.78 is 0. The van der Waals surface area contributed by atoms with Gasteiger partial charge in [0.15, 0.2) is 0 Å². The Balaban J connectivity index is 1.95. The van der Waals surface area contributed by atoms with E-state index in [0.717, 1.165) is 17.7 Å². The fraction of sp³-hybridized carbons (Fsp3) is 0.235. The number of rotatable bonds is 6. The lowest BCUT2D eigenvalue weighted by molar-refractivity contribution is 0.0695. The zero-order valence-electron chi connectivity index (χ0n) is 12.0. The van der Waals surface area contributed by atoms with E-state index in [4.69, 9.17) is 5.11 Å². The molecule has 0 aliphatic carbocycles. The first-order chi connectivity index (χ1) is 10.1. The maximum atomic E-state index is 11.2. The number of carboxylic acid groups (broad SMARTS) is 1. The van der Waals surface area contributed by atoms with Crippen LogP contribution in [0, 0.1) is 0 Å². The molecule has 0 atom stereocenters. The van der Waals surface area contributed by atoms with Gasteiger partial charge in [-0.25, -0.2) is 4.79 Å². The molecular formula is C17H19NO3. The van der Waals surface area contributed by atoms with Gasteiger partial charge < -0.3 is 15.1 Å². The predicted octanol–water partition coefficient (Wildman–Crippen LogP) is 2.76. The number of aromatic carboxylic acids is 1. The molecule has 0 aromatic heterocycles. The van der Waals surface area contributed by atoms with Crippen molar-refractivity contribution in [3.05, 3.63) is 65.2 Å². The molecule has 2 aromatic rings. The molecule has 0 unspecified atom stereocenters. The number of phenols is 1. The van der Waals surface area contributed by atoms with E-state index in [1.807, 2.05) is 31.3 Å². The molecule has 0 fully saturated rings. The van der Waals surface area contributed by atoms with Crippen LogP contribution in [0.1, 0.15) is 21.5 Å². The Morgan fingerprint density at radius 2 is 1.90 bits per heavy atom. The predicted molar refractivity (Wildman–Crippen MR) is 81.5 cm³/mol. The van der Waals surface area contributed by atoms with Gasteiger partial charge in [-0.05, 0) is 42.8 Å². The maximum Gasteiger partial charge on any atom is 0.335 e. The van der Waals surface area contributed by atoms with Crippen molar-refractivity contribution in [1.29, 1.82) is 0 Å². The molecule has 4 nitrogen and oxygen atoms in total. The van der Waals surface area contributed by atoms with Gasteiger partial charge in [-0.15, -0.1) is 0 Å². The highest BCUT2D eigenvalue weighted by Gasteiger charge is 2.09. The Kier molecular flexibility index (Phi) is 4.95. The number of hydrogen-bond acceptors (Lipinski definition) is 3. The molecule has 0 spiro atoms. The Morgan fingerprint density at radius 1 is 1.14 bits per heavy atom. The topological polar surface area (TPSA) is 60.8 Å². The Morgan fingerprint density at radius 3 is 2.62 bits per heavy atom. The molecule has 0 heterocycles. The largest absolute Gasteiger partial charge is 0.508 e. The molecule has 0 amide bonds. The van der Waals surface area contributed by atoms with Gasteiger partial charge in [-0.3, -0.25) is 0 Å². The van der Waals surface area contributed by atoms with Crippen molar-refractivity contribution in [1.82, 2.24) is 4.90 Å². The van der Waals surface area contributed by atoms with Crippen LogP contribution in [-0.4, -0.2) is 34.7 Å². The van der Waals surface area contributed by atoms with Gasteiger partial charge in [0, 0.05) is 13.1 Å². The summed E-state index contributed by atoms with van der Waals surface area (Å²) in [5, 5.41) is 18.6. The standard InChI is InChI=1S/C17H19NO3/c1-18(12-13-5-4-7-15(19)11-13)10-9-14-6-2-3-8-16(14)17(20)21/h2-8,11,19H,9-10,12H2,1H3,(H,20,21). The van der Waals surface area contributed by atoms with E-state index in [9.17, 15) is 9.90 Å². The second-order valence-corrected chi connectivity index (χ2v) is 5.12. The molecule has 2 aromatic carbocycles. The zero-order chi connectivity index (χ0) is 15.2. The van der Waals surface area contributed by atoms with Crippen LogP contribution in [0.2, 0.25) is 0 Å². The third-order valence-corrected chi connectivity index (χ3v) is 3.37. The fourth-order valence-corrected chi connectivity index (χ4v) is 2.30. The minimum Gasteiger partial charge on any atom is -0.508 e. The van der Waals surface area contributed by atoms with Crippen molar-refractivity contribution in [2.75, 3.05) is 13.6 Å². The summed E-state index contributed by atoms with van der Waals surface area (Å²) in [5.41, 5.74) is 2.24. The summed E-state index contributed by atoms with van der Waals surface area (Å²) in [5.74, 6) is -0.627. The van der Waals surface area contributed by atoms with Gasteiger partial charge in [0.1, 0.15) is 5.75 Å². The average molecular weight is 285 g/mol. The molecule has 0 aliphatic rings. The number of benzene rings is 2. The average Bonchev–Trinajstić information content (AvgIpc) is 2.45. The van der Waals surface area contributed by atoms with E-state index in [2.05, 4.69) is 4.90 Å². The van der Waals surface area contributed by atoms with Crippen LogP contribution in [0.25, 0.3) is 0 Å². The third-order valence-electron chi connectivity index (χ3n) is 3.37. The van der Waals surface area contributed by atoms with Gasteiger partial charge >= 0.3 is 5.97 Å². The number of carboxylic acids is 1. The minimum atomic E-state index is -0.888. The van der Waals surface area contributed by atoms with Crippen molar-refractivity contribution < 1.29 is 15.0 Å². The van der Waals surface area contributed by atoms with Crippen LogP contribution in [0.5, 0.6) is 5.75 Å². The van der Waals surface area contributed by atoms with Crippen LogP contribution >= 0.6 is 0 Å². The van der Waals surface area contributed by atoms with Crippen LogP contribution < -0.4 is 0 Å². The molecule has 0 bridgehead atoms. The first-order valence-electron chi connectivity index (χ1n) is 6.84. The number of carbonyl (C=O) groups is 1. The SMILES string of the molecule is CN(CCc1ccccc1C(=O)O)Cc1cccc(O)c1. The molecular weight excluding hydrogens is 266 g/mol. The first-order valence-corrected chi connectivity index (χ1v) is 6.84. The van der Waals surface area contributed by atoms with Crippen molar-refractivity contribution in [3.8, 4) is 5.75 Å². The lowest BCUT2D eigenvalue weighted by Gasteiger charge is -2.17. The van der Waals surface area contributed by atoms with E-state index < -0.39 is 5.97 Å². The number of hydrogen-bond donors (Lipinski definition) is 2. The molecule has 110 valence electrons. The number of likely N-dealkylation sites (N-methyl/N-ethyl adjacent to an activating group) is 1. The van der Waals surface area contributed by atoms with Crippen LogP contribution in [0.15, 0.2) is 48.5 Å². The lowest BCUT2D eigenvalue weighted by atomic mass is 10.0. The smallest absolute Gasteiger partial charge is 0.335 e. The number of aromatic hydroxyl groups is 1. The van der Waals surface area contributed by atoms with Crippen molar-refractivity contribution >= 4 is 5.97 Å². The molecule has 21 heavy (non-hydrogen) atoms. The quantitative estimate of drug-likeness (QED) is 0.856. The molecule has 0 saturated heterocycles. The monoisotopic (exact) mass is 285 g/mol. The van der Waals surface area contributed by atoms with Crippen LogP contribution in [0.4, 0.5) is 0 Å². The second-order valence-electron chi connectivity index (χ2n) is 5.12. The van der Waals surface area contributed by atoms with Crippen molar-refractivity contribution in [2.24, 2.45) is 0 Å². The summed E-state index contributed by atoms with van der Waals surface area (Å²) >= 11 is 0. The van der Waals surface area contributed by atoms with Gasteiger partial charge in [-0.1, -0.05) is 30.3 Å². The normalized spacial score (nSPS) is 10.8. The fourth-order valence-electron chi connectivity index (χ4n) is 2.30. The second kappa shape index (κ2) is 6.90. The molecule has 0 aliphatic heterocycles. The van der Waals surface area contributed by atoms with Crippen LogP contribution in [-0.2, 0) is 13.0 Å². The molecule has 4 heteroatoms. The first kappa shape index (κ1) is 15.1. The van der Waals surface area contributed by atoms with Crippen LogP contribution in [0.3, 0.4) is 0 Å². The van der Waals surface area contributed by atoms with Gasteiger partial charge in [0.25, 0.3) is 0 Å². The zero-order valence-corrected chi connectivity index (χ0v) is 12.0. The summed E-state index contributed by atoms with van der Waals surface area (Å²) in [6.45, 7) is 1.46. The Labute approximate surface area is 124 Å². The lowest BCUT2D eigenvalue weighted by Crippen LogP contribution is -2.21. The van der Waals surface area contributed by atoms with Crippen molar-refractivity contribution in [3.63, 3.8) is 0 Å².